The van der Waals surface area contributed by atoms with Crippen molar-refractivity contribution in [2.24, 2.45) is 5.92 Å². The molecular weight excluding hydrogens is 340 g/mol. The van der Waals surface area contributed by atoms with Crippen LogP contribution in [0.5, 0.6) is 0 Å². The number of aromatic nitrogens is 2. The lowest BCUT2D eigenvalue weighted by Crippen LogP contribution is -2.35. The van der Waals surface area contributed by atoms with Crippen molar-refractivity contribution in [3.8, 4) is 11.4 Å². The van der Waals surface area contributed by atoms with Crippen LogP contribution in [0.4, 0.5) is 6.01 Å². The average Bonchev–Trinajstić information content (AvgIpc) is 3.37. The number of nitrogens with one attached hydrogen (secondary N) is 1. The van der Waals surface area contributed by atoms with Gasteiger partial charge in [-0.25, -0.2) is 0 Å². The molecule has 0 radical (unpaired) electrons. The van der Waals surface area contributed by atoms with E-state index >= 15 is 0 Å². The molecule has 1 aromatic carbocycles. The van der Waals surface area contributed by atoms with Crippen LogP contribution in [-0.2, 0) is 4.79 Å². The summed E-state index contributed by atoms with van der Waals surface area (Å²) in [4.78, 5) is 18.9. The molecule has 25 heavy (non-hydrogen) atoms. The Morgan fingerprint density at radius 3 is 2.92 bits per heavy atom. The summed E-state index contributed by atoms with van der Waals surface area (Å²) in [6, 6.07) is 7.88. The van der Waals surface area contributed by atoms with Gasteiger partial charge in [-0.05, 0) is 31.4 Å². The number of hydrogen-bond acceptors (Lipinski definition) is 5. The van der Waals surface area contributed by atoms with E-state index in [1.165, 1.54) is 12.8 Å². The molecule has 1 saturated heterocycles. The van der Waals surface area contributed by atoms with Crippen molar-refractivity contribution in [2.75, 3.05) is 18.4 Å². The maximum Gasteiger partial charge on any atom is 0.322 e. The van der Waals surface area contributed by atoms with Crippen LogP contribution in [0.3, 0.4) is 0 Å². The Morgan fingerprint density at radius 2 is 2.12 bits per heavy atom. The van der Waals surface area contributed by atoms with Gasteiger partial charge >= 0.3 is 6.01 Å². The number of benzene rings is 1. The maximum absolute atomic E-state index is 12.5. The highest BCUT2D eigenvalue weighted by molar-refractivity contribution is 6.30. The van der Waals surface area contributed by atoms with Gasteiger partial charge in [0.2, 0.25) is 11.7 Å². The number of anilines is 1. The minimum atomic E-state index is 0.151. The van der Waals surface area contributed by atoms with E-state index < -0.39 is 0 Å². The van der Waals surface area contributed by atoms with Gasteiger partial charge in [0, 0.05) is 35.6 Å². The van der Waals surface area contributed by atoms with Crippen molar-refractivity contribution in [2.45, 2.75) is 38.1 Å². The Bertz CT molecular complexity index is 757. The van der Waals surface area contributed by atoms with Gasteiger partial charge in [0.05, 0.1) is 0 Å². The predicted molar refractivity (Wildman–Crippen MR) is 95.3 cm³/mol. The summed E-state index contributed by atoms with van der Waals surface area (Å²) in [6.45, 7) is 1.49. The SMILES string of the molecule is O=C(C1CCCC1)N1CCC(Nc2nc(-c3cccc(Cl)c3)no2)C1. The first-order valence-corrected chi connectivity index (χ1v) is 9.22. The van der Waals surface area contributed by atoms with Crippen LogP contribution >= 0.6 is 11.6 Å². The van der Waals surface area contributed by atoms with Gasteiger partial charge in [0.1, 0.15) is 0 Å². The third kappa shape index (κ3) is 3.63. The molecular formula is C18H21ClN4O2. The normalized spacial score (nSPS) is 21.0. The molecule has 1 aromatic heterocycles. The lowest BCUT2D eigenvalue weighted by molar-refractivity contribution is -0.134. The summed E-state index contributed by atoms with van der Waals surface area (Å²) in [5.41, 5.74) is 0.814. The largest absolute Gasteiger partial charge is 0.340 e. The summed E-state index contributed by atoms with van der Waals surface area (Å²) >= 11 is 6.00. The van der Waals surface area contributed by atoms with Crippen molar-refractivity contribution in [3.63, 3.8) is 0 Å². The Kier molecular flexibility index (Phi) is 4.61. The molecule has 1 saturated carbocycles. The first-order chi connectivity index (χ1) is 12.2. The maximum atomic E-state index is 12.5. The van der Waals surface area contributed by atoms with E-state index in [0.29, 0.717) is 29.3 Å². The van der Waals surface area contributed by atoms with Crippen molar-refractivity contribution >= 4 is 23.5 Å². The van der Waals surface area contributed by atoms with Gasteiger partial charge in [0.25, 0.3) is 0 Å². The lowest BCUT2D eigenvalue weighted by Gasteiger charge is -2.20. The third-order valence-electron chi connectivity index (χ3n) is 5.04. The third-order valence-corrected chi connectivity index (χ3v) is 5.28. The van der Waals surface area contributed by atoms with Gasteiger partial charge in [-0.2, -0.15) is 4.98 Å². The first kappa shape index (κ1) is 16.4. The van der Waals surface area contributed by atoms with Gasteiger partial charge in [-0.1, -0.05) is 41.7 Å². The summed E-state index contributed by atoms with van der Waals surface area (Å²) in [7, 11) is 0. The van der Waals surface area contributed by atoms with Crippen molar-refractivity contribution in [1.29, 1.82) is 0 Å². The summed E-state index contributed by atoms with van der Waals surface area (Å²) in [5, 5.41) is 7.89. The minimum Gasteiger partial charge on any atom is -0.340 e. The molecule has 6 nitrogen and oxygen atoms in total. The molecule has 0 bridgehead atoms. The van der Waals surface area contributed by atoms with E-state index in [9.17, 15) is 4.79 Å². The van der Waals surface area contributed by atoms with Gasteiger partial charge in [0.15, 0.2) is 0 Å². The molecule has 2 heterocycles. The molecule has 1 atom stereocenters. The molecule has 2 aliphatic rings. The number of halogens is 1. The number of rotatable bonds is 4. The summed E-state index contributed by atoms with van der Waals surface area (Å²) in [6.07, 6.45) is 5.34. The van der Waals surface area contributed by atoms with Crippen LogP contribution in [0.25, 0.3) is 11.4 Å². The topological polar surface area (TPSA) is 71.3 Å². The van der Waals surface area contributed by atoms with Crippen LogP contribution in [-0.4, -0.2) is 40.1 Å². The van der Waals surface area contributed by atoms with Gasteiger partial charge in [-0.3, -0.25) is 4.79 Å². The minimum absolute atomic E-state index is 0.151. The van der Waals surface area contributed by atoms with Gasteiger partial charge < -0.3 is 14.7 Å². The molecule has 1 unspecified atom stereocenters. The van der Waals surface area contributed by atoms with E-state index in [1.54, 1.807) is 12.1 Å². The number of carbonyl (C=O) groups is 1. The Hall–Kier alpha value is -2.08. The fraction of sp³-hybridized carbons (Fsp3) is 0.500. The smallest absolute Gasteiger partial charge is 0.322 e. The van der Waals surface area contributed by atoms with Crippen molar-refractivity contribution in [3.05, 3.63) is 29.3 Å². The van der Waals surface area contributed by atoms with Crippen LogP contribution < -0.4 is 5.32 Å². The Morgan fingerprint density at radius 1 is 1.28 bits per heavy atom. The highest BCUT2D eigenvalue weighted by Crippen LogP contribution is 2.28. The zero-order valence-electron chi connectivity index (χ0n) is 13.9. The number of nitrogens with zero attached hydrogens (tertiary/aromatic N) is 3. The van der Waals surface area contributed by atoms with Crippen LogP contribution in [0.1, 0.15) is 32.1 Å². The molecule has 1 amide bonds. The Balaban J connectivity index is 1.36. The van der Waals surface area contributed by atoms with Crippen molar-refractivity contribution in [1.82, 2.24) is 15.0 Å². The zero-order chi connectivity index (χ0) is 17.2. The zero-order valence-corrected chi connectivity index (χ0v) is 14.7. The number of hydrogen-bond donors (Lipinski definition) is 1. The van der Waals surface area contributed by atoms with E-state index in [4.69, 9.17) is 16.1 Å². The van der Waals surface area contributed by atoms with E-state index in [0.717, 1.165) is 31.4 Å². The van der Waals surface area contributed by atoms with Crippen LogP contribution in [0.2, 0.25) is 5.02 Å². The Labute approximate surface area is 151 Å². The molecule has 1 aliphatic heterocycles. The molecule has 0 spiro atoms. The quantitative estimate of drug-likeness (QED) is 0.902. The van der Waals surface area contributed by atoms with Crippen LogP contribution in [0.15, 0.2) is 28.8 Å². The average molecular weight is 361 g/mol. The van der Waals surface area contributed by atoms with Gasteiger partial charge in [-0.15, -0.1) is 0 Å². The second kappa shape index (κ2) is 7.04. The van der Waals surface area contributed by atoms with Crippen molar-refractivity contribution < 1.29 is 9.32 Å². The number of carbonyl (C=O) groups excluding carboxylic acids is 1. The summed E-state index contributed by atoms with van der Waals surface area (Å²) in [5.74, 6) is 1.05. The monoisotopic (exact) mass is 360 g/mol. The summed E-state index contributed by atoms with van der Waals surface area (Å²) < 4.78 is 5.30. The standard InChI is InChI=1S/C18H21ClN4O2/c19-14-7-3-6-13(10-14)16-21-18(25-22-16)20-15-8-9-23(11-15)17(24)12-4-1-2-5-12/h3,6-7,10,12,15H,1-2,4-5,8-9,11H2,(H,20,21,22). The molecule has 2 aromatic rings. The molecule has 2 fully saturated rings. The second-order valence-corrected chi connectivity index (χ2v) is 7.27. The first-order valence-electron chi connectivity index (χ1n) is 8.84. The van der Waals surface area contributed by atoms with E-state index in [1.807, 2.05) is 17.0 Å². The highest BCUT2D eigenvalue weighted by atomic mass is 35.5. The predicted octanol–water partition coefficient (Wildman–Crippen LogP) is 3.59. The second-order valence-electron chi connectivity index (χ2n) is 6.83. The molecule has 1 aliphatic carbocycles. The fourth-order valence-corrected chi connectivity index (χ4v) is 3.90. The molecule has 4 rings (SSSR count). The number of amides is 1. The van der Waals surface area contributed by atoms with E-state index in [-0.39, 0.29) is 12.0 Å². The lowest BCUT2D eigenvalue weighted by atomic mass is 10.1. The van der Waals surface area contributed by atoms with Crippen LogP contribution in [0, 0.1) is 5.92 Å². The fourth-order valence-electron chi connectivity index (χ4n) is 3.71. The highest BCUT2D eigenvalue weighted by Gasteiger charge is 2.32. The molecule has 7 heteroatoms. The number of likely N-dealkylation sites (tertiary alicyclic amines) is 1. The molecule has 1 N–H and O–H groups in total. The molecule has 132 valence electrons. The van der Waals surface area contributed by atoms with E-state index in [2.05, 4.69) is 15.5 Å².